The first-order valence-electron chi connectivity index (χ1n) is 7.59. The van der Waals surface area contributed by atoms with Gasteiger partial charge in [0.25, 0.3) is 0 Å². The summed E-state index contributed by atoms with van der Waals surface area (Å²) in [5.41, 5.74) is 4.11. The summed E-state index contributed by atoms with van der Waals surface area (Å²) < 4.78 is 1.20. The van der Waals surface area contributed by atoms with Gasteiger partial charge in [0.05, 0.1) is 22.3 Å². The molecule has 0 atom stereocenters. The molecule has 124 valence electrons. The standard InChI is InChI=1S/C18H19N3O2S/c1-12-7-8-15-16(9-12)24-17(20-15)11-13-5-4-6-14(10-13)19-18(22)21(2)23-3/h4-10H,11H2,1-3H3,(H,19,22). The maximum Gasteiger partial charge on any atom is 0.345 e. The van der Waals surface area contributed by atoms with Crippen LogP contribution in [0.2, 0.25) is 0 Å². The smallest absolute Gasteiger partial charge is 0.306 e. The van der Waals surface area contributed by atoms with Crippen molar-refractivity contribution in [3.05, 3.63) is 58.6 Å². The number of rotatable bonds is 4. The van der Waals surface area contributed by atoms with Crippen LogP contribution >= 0.6 is 11.3 Å². The van der Waals surface area contributed by atoms with E-state index in [4.69, 9.17) is 4.84 Å². The molecule has 2 aromatic carbocycles. The Bertz CT molecular complexity index is 876. The third kappa shape index (κ3) is 3.72. The summed E-state index contributed by atoms with van der Waals surface area (Å²) in [5, 5.41) is 5.00. The molecule has 3 aromatic rings. The van der Waals surface area contributed by atoms with E-state index in [2.05, 4.69) is 35.4 Å². The van der Waals surface area contributed by atoms with Gasteiger partial charge in [-0.05, 0) is 42.3 Å². The molecule has 24 heavy (non-hydrogen) atoms. The first-order valence-corrected chi connectivity index (χ1v) is 8.40. The zero-order valence-electron chi connectivity index (χ0n) is 13.9. The topological polar surface area (TPSA) is 54.5 Å². The Morgan fingerprint density at radius 1 is 1.29 bits per heavy atom. The molecule has 1 aromatic heterocycles. The third-order valence-electron chi connectivity index (χ3n) is 3.68. The van der Waals surface area contributed by atoms with Gasteiger partial charge in [-0.15, -0.1) is 11.3 Å². The molecule has 5 nitrogen and oxygen atoms in total. The highest BCUT2D eigenvalue weighted by molar-refractivity contribution is 7.18. The Kier molecular flexibility index (Phi) is 4.78. The van der Waals surface area contributed by atoms with Gasteiger partial charge in [-0.2, -0.15) is 0 Å². The molecule has 0 spiro atoms. The fourth-order valence-electron chi connectivity index (χ4n) is 2.37. The van der Waals surface area contributed by atoms with Crippen LogP contribution in [0.1, 0.15) is 16.1 Å². The first kappa shape index (κ1) is 16.4. The highest BCUT2D eigenvalue weighted by Crippen LogP contribution is 2.25. The van der Waals surface area contributed by atoms with Crippen molar-refractivity contribution < 1.29 is 9.63 Å². The molecule has 0 fully saturated rings. The predicted octanol–water partition coefficient (Wildman–Crippen LogP) is 4.22. The van der Waals surface area contributed by atoms with Crippen LogP contribution < -0.4 is 5.32 Å². The quantitative estimate of drug-likeness (QED) is 0.723. The highest BCUT2D eigenvalue weighted by atomic mass is 32.1. The van der Waals surface area contributed by atoms with E-state index in [0.29, 0.717) is 0 Å². The molecule has 0 unspecified atom stereocenters. The molecular weight excluding hydrogens is 322 g/mol. The summed E-state index contributed by atoms with van der Waals surface area (Å²) in [6, 6.07) is 13.8. The van der Waals surface area contributed by atoms with Crippen LogP contribution in [0.25, 0.3) is 10.2 Å². The molecule has 0 aliphatic carbocycles. The van der Waals surface area contributed by atoms with Crippen molar-refractivity contribution in [1.29, 1.82) is 0 Å². The summed E-state index contributed by atoms with van der Waals surface area (Å²) in [7, 11) is 3.01. The molecule has 1 heterocycles. The summed E-state index contributed by atoms with van der Waals surface area (Å²) in [6.07, 6.45) is 0.738. The van der Waals surface area contributed by atoms with Crippen molar-refractivity contribution in [3.8, 4) is 0 Å². The van der Waals surface area contributed by atoms with Crippen molar-refractivity contribution in [1.82, 2.24) is 10.0 Å². The lowest BCUT2D eigenvalue weighted by atomic mass is 10.1. The largest absolute Gasteiger partial charge is 0.345 e. The number of aromatic nitrogens is 1. The van der Waals surface area contributed by atoms with Crippen LogP contribution in [0.4, 0.5) is 10.5 Å². The van der Waals surface area contributed by atoms with Crippen LogP contribution in [0.5, 0.6) is 0 Å². The summed E-state index contributed by atoms with van der Waals surface area (Å²) >= 11 is 1.71. The second-order valence-electron chi connectivity index (χ2n) is 5.57. The van der Waals surface area contributed by atoms with Gasteiger partial charge >= 0.3 is 6.03 Å². The molecule has 0 bridgehead atoms. The van der Waals surface area contributed by atoms with Crippen molar-refractivity contribution in [2.45, 2.75) is 13.3 Å². The number of carbonyl (C=O) groups is 1. The number of hydroxylamine groups is 2. The lowest BCUT2D eigenvalue weighted by Gasteiger charge is -2.14. The average Bonchev–Trinajstić information content (AvgIpc) is 2.95. The summed E-state index contributed by atoms with van der Waals surface area (Å²) in [4.78, 5) is 21.4. The Hall–Kier alpha value is -2.44. The summed E-state index contributed by atoms with van der Waals surface area (Å²) in [5.74, 6) is 0. The Balaban J connectivity index is 1.77. The van der Waals surface area contributed by atoms with Gasteiger partial charge in [-0.3, -0.25) is 4.84 Å². The molecular formula is C18H19N3O2S. The van der Waals surface area contributed by atoms with Gasteiger partial charge in [0.1, 0.15) is 0 Å². The molecule has 6 heteroatoms. The number of nitrogens with one attached hydrogen (secondary N) is 1. The minimum Gasteiger partial charge on any atom is -0.306 e. The minimum atomic E-state index is -0.315. The molecule has 0 aliphatic heterocycles. The van der Waals surface area contributed by atoms with E-state index in [1.807, 2.05) is 24.3 Å². The Morgan fingerprint density at radius 2 is 2.12 bits per heavy atom. The average molecular weight is 341 g/mol. The van der Waals surface area contributed by atoms with Gasteiger partial charge in [0.2, 0.25) is 0 Å². The number of hydrogen-bond donors (Lipinski definition) is 1. The number of thiazole rings is 1. The zero-order valence-corrected chi connectivity index (χ0v) is 14.7. The Labute approximate surface area is 144 Å². The maximum absolute atomic E-state index is 11.8. The van der Waals surface area contributed by atoms with E-state index in [9.17, 15) is 4.79 Å². The van der Waals surface area contributed by atoms with E-state index >= 15 is 0 Å². The number of fused-ring (bicyclic) bond motifs is 1. The van der Waals surface area contributed by atoms with Crippen LogP contribution in [0.15, 0.2) is 42.5 Å². The number of nitrogens with zero attached hydrogens (tertiary/aromatic N) is 2. The van der Waals surface area contributed by atoms with Gasteiger partial charge in [0, 0.05) is 19.2 Å². The number of aryl methyl sites for hydroxylation is 1. The van der Waals surface area contributed by atoms with Gasteiger partial charge < -0.3 is 5.32 Å². The number of urea groups is 1. The van der Waals surface area contributed by atoms with Gasteiger partial charge in [-0.25, -0.2) is 14.8 Å². The fraction of sp³-hybridized carbons (Fsp3) is 0.222. The van der Waals surface area contributed by atoms with Crippen molar-refractivity contribution in [3.63, 3.8) is 0 Å². The summed E-state index contributed by atoms with van der Waals surface area (Å²) in [6.45, 7) is 2.09. The molecule has 0 saturated carbocycles. The predicted molar refractivity (Wildman–Crippen MR) is 97.4 cm³/mol. The molecule has 0 aliphatic rings. The number of anilines is 1. The number of hydrogen-bond acceptors (Lipinski definition) is 4. The van der Waals surface area contributed by atoms with Gasteiger partial charge in [-0.1, -0.05) is 18.2 Å². The maximum atomic E-state index is 11.8. The van der Waals surface area contributed by atoms with Crippen molar-refractivity contribution in [2.75, 3.05) is 19.5 Å². The Morgan fingerprint density at radius 3 is 2.92 bits per heavy atom. The van der Waals surface area contributed by atoms with Crippen LogP contribution in [0, 0.1) is 6.92 Å². The van der Waals surface area contributed by atoms with Crippen LogP contribution in [0.3, 0.4) is 0 Å². The van der Waals surface area contributed by atoms with Crippen LogP contribution in [-0.4, -0.2) is 30.2 Å². The number of amides is 2. The monoisotopic (exact) mass is 341 g/mol. The molecule has 1 N–H and O–H groups in total. The van der Waals surface area contributed by atoms with E-state index in [1.54, 1.807) is 18.4 Å². The molecule has 0 saturated heterocycles. The minimum absolute atomic E-state index is 0.315. The van der Waals surface area contributed by atoms with E-state index < -0.39 is 0 Å². The van der Waals surface area contributed by atoms with Crippen LogP contribution in [-0.2, 0) is 11.3 Å². The SMILES string of the molecule is CON(C)C(=O)Nc1cccc(Cc2nc3ccc(C)cc3s2)c1. The first-order chi connectivity index (χ1) is 11.5. The second-order valence-corrected chi connectivity index (χ2v) is 6.68. The van der Waals surface area contributed by atoms with E-state index in [0.717, 1.165) is 33.3 Å². The van der Waals surface area contributed by atoms with Crippen molar-refractivity contribution >= 4 is 33.3 Å². The molecule has 3 rings (SSSR count). The van der Waals surface area contributed by atoms with Gasteiger partial charge in [0.15, 0.2) is 0 Å². The normalized spacial score (nSPS) is 10.8. The molecule has 0 radical (unpaired) electrons. The van der Waals surface area contributed by atoms with Crippen molar-refractivity contribution in [2.24, 2.45) is 0 Å². The number of carbonyl (C=O) groups excluding carboxylic acids is 1. The third-order valence-corrected chi connectivity index (χ3v) is 4.70. The number of benzene rings is 2. The lowest BCUT2D eigenvalue weighted by molar-refractivity contribution is -0.0598. The molecule has 2 amide bonds. The van der Waals surface area contributed by atoms with E-state index in [1.165, 1.54) is 17.4 Å². The van der Waals surface area contributed by atoms with E-state index in [-0.39, 0.29) is 6.03 Å². The zero-order chi connectivity index (χ0) is 17.1. The second kappa shape index (κ2) is 6.98. The lowest BCUT2D eigenvalue weighted by Crippen LogP contribution is -2.30. The fourth-order valence-corrected chi connectivity index (χ4v) is 3.47. The highest BCUT2D eigenvalue weighted by Gasteiger charge is 2.09.